The second-order valence-corrected chi connectivity index (χ2v) is 7.69. The van der Waals surface area contributed by atoms with Crippen molar-refractivity contribution in [1.29, 1.82) is 0 Å². The summed E-state index contributed by atoms with van der Waals surface area (Å²) in [7, 11) is 0. The van der Waals surface area contributed by atoms with Crippen LogP contribution in [-0.2, 0) is 18.5 Å². The molecule has 124 valence electrons. The molecule has 1 N–H and O–H groups in total. The molecule has 0 fully saturated rings. The lowest BCUT2D eigenvalue weighted by atomic mass is 9.98. The first kappa shape index (κ1) is 16.3. The second-order valence-electron chi connectivity index (χ2n) is 6.83. The van der Waals surface area contributed by atoms with Gasteiger partial charge in [0.05, 0.1) is 23.9 Å². The Labute approximate surface area is 141 Å². The van der Waals surface area contributed by atoms with Gasteiger partial charge < -0.3 is 14.8 Å². The van der Waals surface area contributed by atoms with Crippen molar-refractivity contribution >= 4 is 11.3 Å². The van der Waals surface area contributed by atoms with E-state index < -0.39 is 0 Å². The van der Waals surface area contributed by atoms with E-state index in [1.165, 1.54) is 10.6 Å². The van der Waals surface area contributed by atoms with Crippen LogP contribution < -0.4 is 14.8 Å². The van der Waals surface area contributed by atoms with Crippen LogP contribution in [-0.4, -0.2) is 18.2 Å². The number of nitrogens with zero attached hydrogens (tertiary/aromatic N) is 1. The minimum absolute atomic E-state index is 0.122. The maximum Gasteiger partial charge on any atom is 0.161 e. The minimum atomic E-state index is 0.122. The Hall–Kier alpha value is -1.59. The summed E-state index contributed by atoms with van der Waals surface area (Å²) < 4.78 is 11.4. The summed E-state index contributed by atoms with van der Waals surface area (Å²) in [5.74, 6) is 1.70. The quantitative estimate of drug-likeness (QED) is 0.922. The molecular weight excluding hydrogens is 308 g/mol. The number of aromatic nitrogens is 1. The van der Waals surface area contributed by atoms with Crippen molar-refractivity contribution < 1.29 is 9.47 Å². The van der Waals surface area contributed by atoms with E-state index in [0.717, 1.165) is 49.9 Å². The van der Waals surface area contributed by atoms with E-state index in [1.54, 1.807) is 11.3 Å². The van der Waals surface area contributed by atoms with Crippen molar-refractivity contribution in [2.24, 2.45) is 0 Å². The molecular formula is C18H24N2O2S. The van der Waals surface area contributed by atoms with Crippen molar-refractivity contribution in [3.8, 4) is 11.5 Å². The van der Waals surface area contributed by atoms with Crippen molar-refractivity contribution in [3.05, 3.63) is 39.8 Å². The van der Waals surface area contributed by atoms with E-state index >= 15 is 0 Å². The van der Waals surface area contributed by atoms with Crippen molar-refractivity contribution in [3.63, 3.8) is 0 Å². The van der Waals surface area contributed by atoms with Gasteiger partial charge in [0.15, 0.2) is 11.5 Å². The predicted molar refractivity (Wildman–Crippen MR) is 93.4 cm³/mol. The number of hydrogen-bond acceptors (Lipinski definition) is 5. The molecule has 0 bridgehead atoms. The SMILES string of the molecule is CC(C)(C)c1nc(CNCc2ccc3c(c2)OCCCO3)cs1. The highest BCUT2D eigenvalue weighted by atomic mass is 32.1. The molecule has 1 aromatic carbocycles. The Bertz CT molecular complexity index is 661. The van der Waals surface area contributed by atoms with Gasteiger partial charge in [0.25, 0.3) is 0 Å². The fourth-order valence-electron chi connectivity index (χ4n) is 2.39. The molecule has 0 spiro atoms. The van der Waals surface area contributed by atoms with Gasteiger partial charge in [0.2, 0.25) is 0 Å². The Morgan fingerprint density at radius 3 is 2.65 bits per heavy atom. The number of nitrogens with one attached hydrogen (secondary N) is 1. The third kappa shape index (κ3) is 4.24. The second kappa shape index (κ2) is 6.89. The monoisotopic (exact) mass is 332 g/mol. The molecule has 0 unspecified atom stereocenters. The minimum Gasteiger partial charge on any atom is -0.490 e. The molecule has 0 atom stereocenters. The van der Waals surface area contributed by atoms with E-state index in [0.29, 0.717) is 0 Å². The third-order valence-electron chi connectivity index (χ3n) is 3.64. The fraction of sp³-hybridized carbons (Fsp3) is 0.500. The van der Waals surface area contributed by atoms with Gasteiger partial charge in [0, 0.05) is 30.3 Å². The number of hydrogen-bond donors (Lipinski definition) is 1. The molecule has 0 saturated heterocycles. The molecule has 0 aliphatic carbocycles. The zero-order valence-corrected chi connectivity index (χ0v) is 14.8. The molecule has 23 heavy (non-hydrogen) atoms. The molecule has 4 nitrogen and oxygen atoms in total. The average molecular weight is 332 g/mol. The Morgan fingerprint density at radius 2 is 1.91 bits per heavy atom. The first-order valence-electron chi connectivity index (χ1n) is 8.06. The molecule has 3 rings (SSSR count). The van der Waals surface area contributed by atoms with Crippen LogP contribution in [0.2, 0.25) is 0 Å². The van der Waals surface area contributed by atoms with Gasteiger partial charge in [-0.2, -0.15) is 0 Å². The molecule has 5 heteroatoms. The summed E-state index contributed by atoms with van der Waals surface area (Å²) in [5.41, 5.74) is 2.42. The Balaban J connectivity index is 1.56. The van der Waals surface area contributed by atoms with Crippen molar-refractivity contribution in [1.82, 2.24) is 10.3 Å². The van der Waals surface area contributed by atoms with Crippen LogP contribution in [0.1, 0.15) is 43.5 Å². The van der Waals surface area contributed by atoms with Gasteiger partial charge in [-0.25, -0.2) is 4.98 Å². The number of rotatable bonds is 4. The molecule has 1 aliphatic heterocycles. The summed E-state index contributed by atoms with van der Waals surface area (Å²) >= 11 is 1.74. The highest BCUT2D eigenvalue weighted by Gasteiger charge is 2.17. The zero-order chi connectivity index (χ0) is 16.3. The smallest absolute Gasteiger partial charge is 0.161 e. The van der Waals surface area contributed by atoms with E-state index in [1.807, 2.05) is 6.07 Å². The lowest BCUT2D eigenvalue weighted by Gasteiger charge is -2.13. The maximum atomic E-state index is 5.73. The molecule has 1 aromatic heterocycles. The molecule has 0 amide bonds. The van der Waals surface area contributed by atoms with Gasteiger partial charge >= 0.3 is 0 Å². The van der Waals surface area contributed by atoms with Gasteiger partial charge in [-0.15, -0.1) is 11.3 Å². The Kier molecular flexibility index (Phi) is 4.87. The summed E-state index contributed by atoms with van der Waals surface area (Å²) in [6, 6.07) is 6.15. The van der Waals surface area contributed by atoms with E-state index in [-0.39, 0.29) is 5.41 Å². The average Bonchev–Trinajstić information content (AvgIpc) is 2.86. The standard InChI is InChI=1S/C18H24N2O2S/c1-18(2,3)17-20-14(12-23-17)11-19-10-13-5-6-15-16(9-13)22-8-4-7-21-15/h5-6,9,12,19H,4,7-8,10-11H2,1-3H3. The topological polar surface area (TPSA) is 43.4 Å². The third-order valence-corrected chi connectivity index (χ3v) is 4.96. The van der Waals surface area contributed by atoms with Gasteiger partial charge in [-0.1, -0.05) is 26.8 Å². The zero-order valence-electron chi connectivity index (χ0n) is 14.0. The van der Waals surface area contributed by atoms with Crippen LogP contribution in [0, 0.1) is 0 Å². The maximum absolute atomic E-state index is 5.73. The van der Waals surface area contributed by atoms with Crippen molar-refractivity contribution in [2.75, 3.05) is 13.2 Å². The molecule has 1 aliphatic rings. The number of benzene rings is 1. The summed E-state index contributed by atoms with van der Waals surface area (Å²) in [5, 5.41) is 6.78. The fourth-order valence-corrected chi connectivity index (χ4v) is 3.29. The lowest BCUT2D eigenvalue weighted by molar-refractivity contribution is 0.297. The van der Waals surface area contributed by atoms with Crippen LogP contribution in [0.15, 0.2) is 23.6 Å². The summed E-state index contributed by atoms with van der Waals surface area (Å²) in [6.07, 6.45) is 0.933. The van der Waals surface area contributed by atoms with Gasteiger partial charge in [-0.05, 0) is 17.7 Å². The van der Waals surface area contributed by atoms with Crippen LogP contribution in [0.4, 0.5) is 0 Å². The molecule has 2 aromatic rings. The summed E-state index contributed by atoms with van der Waals surface area (Å²) in [6.45, 7) is 9.60. The Morgan fingerprint density at radius 1 is 1.13 bits per heavy atom. The lowest BCUT2D eigenvalue weighted by Crippen LogP contribution is -2.14. The van der Waals surface area contributed by atoms with E-state index in [9.17, 15) is 0 Å². The molecule has 0 saturated carbocycles. The number of ether oxygens (including phenoxy) is 2. The van der Waals surface area contributed by atoms with Gasteiger partial charge in [0.1, 0.15) is 0 Å². The summed E-state index contributed by atoms with van der Waals surface area (Å²) in [4.78, 5) is 4.71. The van der Waals surface area contributed by atoms with Crippen LogP contribution in [0.25, 0.3) is 0 Å². The first-order valence-corrected chi connectivity index (χ1v) is 8.94. The highest BCUT2D eigenvalue weighted by molar-refractivity contribution is 7.09. The molecule has 0 radical (unpaired) electrons. The van der Waals surface area contributed by atoms with E-state index in [4.69, 9.17) is 14.5 Å². The van der Waals surface area contributed by atoms with Crippen molar-refractivity contribution in [2.45, 2.75) is 45.7 Å². The highest BCUT2D eigenvalue weighted by Crippen LogP contribution is 2.30. The predicted octanol–water partition coefficient (Wildman–Crippen LogP) is 3.89. The normalized spacial score (nSPS) is 14.6. The largest absolute Gasteiger partial charge is 0.490 e. The number of fused-ring (bicyclic) bond motifs is 1. The number of thiazole rings is 1. The van der Waals surface area contributed by atoms with Crippen LogP contribution >= 0.6 is 11.3 Å². The van der Waals surface area contributed by atoms with Gasteiger partial charge in [-0.3, -0.25) is 0 Å². The molecule has 2 heterocycles. The van der Waals surface area contributed by atoms with Crippen LogP contribution in [0.3, 0.4) is 0 Å². The first-order chi connectivity index (χ1) is 11.0. The van der Waals surface area contributed by atoms with E-state index in [2.05, 4.69) is 43.6 Å². The van der Waals surface area contributed by atoms with Crippen LogP contribution in [0.5, 0.6) is 11.5 Å².